The molecule has 6 heteroatoms. The Balaban J connectivity index is 2.32. The predicted octanol–water partition coefficient (Wildman–Crippen LogP) is 3.90. The van der Waals surface area contributed by atoms with Gasteiger partial charge >= 0.3 is 0 Å². The van der Waals surface area contributed by atoms with E-state index in [1.165, 1.54) is 0 Å². The molecule has 0 saturated heterocycles. The molecule has 132 valence electrons. The monoisotopic (exact) mass is 339 g/mol. The average molecular weight is 339 g/mol. The van der Waals surface area contributed by atoms with Gasteiger partial charge in [-0.3, -0.25) is 0 Å². The maximum Gasteiger partial charge on any atom is 0.212 e. The summed E-state index contributed by atoms with van der Waals surface area (Å²) in [5.74, 6) is -1.42. The molecule has 0 unspecified atom stereocenters. The first-order valence-corrected chi connectivity index (χ1v) is 7.88. The van der Waals surface area contributed by atoms with Gasteiger partial charge in [-0.2, -0.15) is 5.10 Å². The maximum absolute atomic E-state index is 14.0. The molecular weight excluding hydrogens is 312 g/mol. The van der Waals surface area contributed by atoms with Gasteiger partial charge in [-0.1, -0.05) is 20.8 Å². The zero-order valence-electron chi connectivity index (χ0n) is 16.5. The summed E-state index contributed by atoms with van der Waals surface area (Å²) >= 11 is 0. The van der Waals surface area contributed by atoms with Gasteiger partial charge in [-0.15, -0.1) is 0 Å². The third kappa shape index (κ3) is 5.30. The zero-order valence-corrected chi connectivity index (χ0v) is 14.5. The molecule has 24 heavy (non-hydrogen) atoms. The van der Waals surface area contributed by atoms with Gasteiger partial charge in [0, 0.05) is 24.7 Å². The van der Waals surface area contributed by atoms with Crippen molar-refractivity contribution in [1.29, 1.82) is 0 Å². The second-order valence-electron chi connectivity index (χ2n) is 6.87. The van der Waals surface area contributed by atoms with Crippen LogP contribution in [0.4, 0.5) is 8.78 Å². The summed E-state index contributed by atoms with van der Waals surface area (Å²) in [5.41, 5.74) is 0.239. The highest BCUT2D eigenvalue weighted by molar-refractivity contribution is 5.20. The third-order valence-corrected chi connectivity index (χ3v) is 3.42. The molecule has 0 fully saturated rings. The van der Waals surface area contributed by atoms with Crippen LogP contribution in [0.15, 0.2) is 24.3 Å². The Morgan fingerprint density at radius 1 is 1.29 bits per heavy atom. The topological polar surface area (TPSA) is 39.1 Å². The highest BCUT2D eigenvalue weighted by Gasteiger charge is 2.15. The van der Waals surface area contributed by atoms with Crippen LogP contribution in [0.1, 0.15) is 41.2 Å². The predicted molar refractivity (Wildman–Crippen MR) is 89.8 cm³/mol. The number of aromatic nitrogens is 2. The molecule has 0 aliphatic rings. The Bertz CT molecular complexity index is 757. The molecule has 0 saturated carbocycles. The summed E-state index contributed by atoms with van der Waals surface area (Å²) in [6.07, 6.45) is 0.793. The van der Waals surface area contributed by atoms with E-state index < -0.39 is 23.8 Å². The molecule has 4 nitrogen and oxygen atoms in total. The average Bonchev–Trinajstić information content (AvgIpc) is 2.88. The van der Waals surface area contributed by atoms with E-state index in [4.69, 9.17) is 7.48 Å². The summed E-state index contributed by atoms with van der Waals surface area (Å²) in [5, 5.41) is 7.39. The number of hydrogen-bond donors (Lipinski definition) is 1. The van der Waals surface area contributed by atoms with Crippen LogP contribution in [0.5, 0.6) is 5.88 Å². The molecule has 1 N–H and O–H groups in total. The molecule has 0 spiro atoms. The van der Waals surface area contributed by atoms with Crippen molar-refractivity contribution >= 4 is 0 Å². The Labute approximate surface area is 144 Å². The lowest BCUT2D eigenvalue weighted by Gasteiger charge is -2.18. The van der Waals surface area contributed by atoms with Crippen molar-refractivity contribution in [3.63, 3.8) is 0 Å². The van der Waals surface area contributed by atoms with E-state index in [1.807, 2.05) is 0 Å². The fourth-order valence-electron chi connectivity index (χ4n) is 2.08. The Morgan fingerprint density at radius 2 is 2.04 bits per heavy atom. The van der Waals surface area contributed by atoms with Gasteiger partial charge in [0.25, 0.3) is 0 Å². The van der Waals surface area contributed by atoms with E-state index in [0.29, 0.717) is 18.8 Å². The van der Waals surface area contributed by atoms with Crippen LogP contribution >= 0.6 is 0 Å². The lowest BCUT2D eigenvalue weighted by atomic mass is 9.92. The Kier molecular flexibility index (Phi) is 5.03. The van der Waals surface area contributed by atoms with Crippen molar-refractivity contribution < 1.29 is 16.3 Å². The highest BCUT2D eigenvalue weighted by atomic mass is 19.1. The Hall–Kier alpha value is -1.95. The van der Waals surface area contributed by atoms with Crippen LogP contribution < -0.4 is 10.1 Å². The second kappa shape index (κ2) is 7.75. The van der Waals surface area contributed by atoms with Gasteiger partial charge in [-0.25, -0.2) is 13.5 Å². The fourth-order valence-corrected chi connectivity index (χ4v) is 2.08. The minimum absolute atomic E-state index is 0.0556. The quantitative estimate of drug-likeness (QED) is 0.832. The molecule has 2 aromatic rings. The van der Waals surface area contributed by atoms with Crippen LogP contribution in [0.25, 0.3) is 0 Å². The van der Waals surface area contributed by atoms with Crippen molar-refractivity contribution in [2.24, 2.45) is 5.41 Å². The fraction of sp³-hybridized carbons (Fsp3) is 0.500. The van der Waals surface area contributed by atoms with E-state index >= 15 is 0 Å². The first-order chi connectivity index (χ1) is 12.0. The normalized spacial score (nSPS) is 13.6. The maximum atomic E-state index is 14.0. The van der Waals surface area contributed by atoms with Gasteiger partial charge in [0.1, 0.15) is 18.2 Å². The minimum atomic E-state index is -2.54. The lowest BCUT2D eigenvalue weighted by molar-refractivity contribution is 0.254. The number of rotatable bonds is 7. The lowest BCUT2D eigenvalue weighted by Crippen LogP contribution is -2.13. The standard InChI is InChI=1S/C18H25F2N3O/c1-18(2,3)7-8-23-17(10-15(22-23)11-21-4)24-12-13-9-14(19)5-6-16(13)20/h5-6,9-10,21H,7-8,11-12H2,1-4H3/i12D2. The molecule has 1 aromatic heterocycles. The molecular formula is C18H25F2N3O. The summed E-state index contributed by atoms with van der Waals surface area (Å²) < 4.78 is 50.6. The molecule has 1 heterocycles. The van der Waals surface area contributed by atoms with Gasteiger partial charge < -0.3 is 10.1 Å². The number of hydrogen-bond acceptors (Lipinski definition) is 3. The van der Waals surface area contributed by atoms with E-state index in [0.717, 1.165) is 24.6 Å². The van der Waals surface area contributed by atoms with Gasteiger partial charge in [0.15, 0.2) is 0 Å². The molecule has 0 amide bonds. The molecule has 0 aliphatic heterocycles. The first-order valence-electron chi connectivity index (χ1n) is 8.88. The van der Waals surface area contributed by atoms with Crippen LogP contribution in [-0.2, 0) is 19.6 Å². The third-order valence-electron chi connectivity index (χ3n) is 3.42. The molecule has 0 atom stereocenters. The Morgan fingerprint density at radius 3 is 2.71 bits per heavy atom. The molecule has 0 radical (unpaired) electrons. The van der Waals surface area contributed by atoms with Gasteiger partial charge in [0.05, 0.1) is 8.44 Å². The largest absolute Gasteiger partial charge is 0.473 e. The van der Waals surface area contributed by atoms with E-state index in [-0.39, 0.29) is 11.3 Å². The van der Waals surface area contributed by atoms with E-state index in [2.05, 4.69) is 31.2 Å². The van der Waals surface area contributed by atoms with Crippen molar-refractivity contribution in [3.05, 3.63) is 47.2 Å². The summed E-state index contributed by atoms with van der Waals surface area (Å²) in [7, 11) is 1.77. The number of ether oxygens (including phenoxy) is 1. The van der Waals surface area contributed by atoms with Crippen molar-refractivity contribution in [2.45, 2.75) is 46.8 Å². The first kappa shape index (κ1) is 15.6. The molecule has 1 aromatic carbocycles. The number of nitrogens with zero attached hydrogens (tertiary/aromatic N) is 2. The van der Waals surface area contributed by atoms with Gasteiger partial charge in [0.2, 0.25) is 5.88 Å². The summed E-state index contributed by atoms with van der Waals surface area (Å²) in [6.45, 7) is 4.73. The molecule has 0 bridgehead atoms. The van der Waals surface area contributed by atoms with Crippen LogP contribution in [0.3, 0.4) is 0 Å². The van der Waals surface area contributed by atoms with Crippen molar-refractivity contribution in [2.75, 3.05) is 7.05 Å². The van der Waals surface area contributed by atoms with Crippen LogP contribution in [0, 0.1) is 17.0 Å². The molecule has 0 aliphatic carbocycles. The van der Waals surface area contributed by atoms with Crippen LogP contribution in [-0.4, -0.2) is 16.8 Å². The number of aryl methyl sites for hydroxylation is 1. The minimum Gasteiger partial charge on any atom is -0.473 e. The van der Waals surface area contributed by atoms with E-state index in [9.17, 15) is 8.78 Å². The van der Waals surface area contributed by atoms with Crippen LogP contribution in [0.2, 0.25) is 0 Å². The zero-order chi connectivity index (χ0) is 19.5. The highest BCUT2D eigenvalue weighted by Crippen LogP contribution is 2.23. The number of halogens is 2. The van der Waals surface area contributed by atoms with Gasteiger partial charge in [-0.05, 0) is 37.1 Å². The van der Waals surface area contributed by atoms with E-state index in [1.54, 1.807) is 17.8 Å². The smallest absolute Gasteiger partial charge is 0.212 e. The summed E-state index contributed by atoms with van der Waals surface area (Å²) in [6, 6.07) is 4.23. The second-order valence-corrected chi connectivity index (χ2v) is 6.87. The SMILES string of the molecule is [2H]C([2H])(Oc1cc(CNC)nn1CCC(C)(C)C)c1cc(F)ccc1F. The number of benzene rings is 1. The number of nitrogens with one attached hydrogen (secondary N) is 1. The summed E-state index contributed by atoms with van der Waals surface area (Å²) in [4.78, 5) is 0. The van der Waals surface area contributed by atoms with Crippen molar-refractivity contribution in [3.8, 4) is 5.88 Å². The molecule has 2 rings (SSSR count). The van der Waals surface area contributed by atoms with Crippen molar-refractivity contribution in [1.82, 2.24) is 15.1 Å².